The van der Waals surface area contributed by atoms with Crippen LogP contribution in [-0.4, -0.2) is 30.6 Å². The van der Waals surface area contributed by atoms with Crippen LogP contribution >= 0.6 is 0 Å². The molecule has 0 aromatic rings. The standard InChI is InChI=1S/C7H9FN2O/c8-3-6-4-10(5-6)7(11)1-2-9/h6H,1,3-5H2. The molecule has 1 saturated heterocycles. The topological polar surface area (TPSA) is 44.1 Å². The van der Waals surface area contributed by atoms with E-state index in [1.54, 1.807) is 6.07 Å². The van der Waals surface area contributed by atoms with Gasteiger partial charge in [-0.3, -0.25) is 9.18 Å². The molecule has 0 bridgehead atoms. The summed E-state index contributed by atoms with van der Waals surface area (Å²) < 4.78 is 11.9. The van der Waals surface area contributed by atoms with Crippen LogP contribution < -0.4 is 0 Å². The van der Waals surface area contributed by atoms with Gasteiger partial charge in [0.15, 0.2) is 0 Å². The van der Waals surface area contributed by atoms with Gasteiger partial charge in [0.1, 0.15) is 6.42 Å². The highest BCUT2D eigenvalue weighted by Gasteiger charge is 2.29. The molecule has 60 valence electrons. The summed E-state index contributed by atoms with van der Waals surface area (Å²) in [7, 11) is 0. The number of nitriles is 1. The van der Waals surface area contributed by atoms with Crippen molar-refractivity contribution < 1.29 is 9.18 Å². The fourth-order valence-corrected chi connectivity index (χ4v) is 1.05. The highest BCUT2D eigenvalue weighted by molar-refractivity contribution is 5.78. The number of alkyl halides is 1. The van der Waals surface area contributed by atoms with Crippen LogP contribution in [0, 0.1) is 17.2 Å². The van der Waals surface area contributed by atoms with Crippen molar-refractivity contribution in [2.75, 3.05) is 19.8 Å². The van der Waals surface area contributed by atoms with Crippen LogP contribution in [0.4, 0.5) is 4.39 Å². The third-order valence-corrected chi connectivity index (χ3v) is 1.76. The Labute approximate surface area is 64.4 Å². The zero-order valence-electron chi connectivity index (χ0n) is 6.09. The predicted molar refractivity (Wildman–Crippen MR) is 36.3 cm³/mol. The van der Waals surface area contributed by atoms with E-state index in [4.69, 9.17) is 5.26 Å². The molecule has 0 atom stereocenters. The molecule has 4 heteroatoms. The van der Waals surface area contributed by atoms with Gasteiger partial charge in [-0.2, -0.15) is 5.26 Å². The number of hydrogen-bond donors (Lipinski definition) is 0. The fraction of sp³-hybridized carbons (Fsp3) is 0.714. The zero-order chi connectivity index (χ0) is 8.27. The number of likely N-dealkylation sites (tertiary alicyclic amines) is 1. The van der Waals surface area contributed by atoms with Crippen LogP contribution in [-0.2, 0) is 4.79 Å². The molecule has 1 aliphatic rings. The maximum atomic E-state index is 11.9. The predicted octanol–water partition coefficient (Wildman–Crippen LogP) is 0.328. The number of rotatable bonds is 2. The molecule has 0 aliphatic carbocycles. The van der Waals surface area contributed by atoms with E-state index in [0.717, 1.165) is 0 Å². The normalized spacial score (nSPS) is 17.3. The summed E-state index contributed by atoms with van der Waals surface area (Å²) in [4.78, 5) is 12.4. The highest BCUT2D eigenvalue weighted by Crippen LogP contribution is 2.16. The lowest BCUT2D eigenvalue weighted by molar-refractivity contribution is -0.136. The molecule has 1 fully saturated rings. The minimum atomic E-state index is -0.365. The molecule has 0 radical (unpaired) electrons. The van der Waals surface area contributed by atoms with E-state index in [0.29, 0.717) is 13.1 Å². The maximum Gasteiger partial charge on any atom is 0.236 e. The second-order valence-electron chi connectivity index (χ2n) is 2.65. The van der Waals surface area contributed by atoms with Gasteiger partial charge in [-0.15, -0.1) is 0 Å². The largest absolute Gasteiger partial charge is 0.341 e. The van der Waals surface area contributed by atoms with Crippen molar-refractivity contribution in [3.05, 3.63) is 0 Å². The summed E-state index contributed by atoms with van der Waals surface area (Å²) in [6.07, 6.45) is -0.0843. The van der Waals surface area contributed by atoms with Gasteiger partial charge in [0.05, 0.1) is 12.7 Å². The average molecular weight is 156 g/mol. The van der Waals surface area contributed by atoms with Crippen LogP contribution in [0.3, 0.4) is 0 Å². The molecule has 0 spiro atoms. The molecule has 1 rings (SSSR count). The summed E-state index contributed by atoms with van der Waals surface area (Å²) in [5.41, 5.74) is 0. The molecule has 0 unspecified atom stereocenters. The fourth-order valence-electron chi connectivity index (χ4n) is 1.05. The monoisotopic (exact) mass is 156 g/mol. The van der Waals surface area contributed by atoms with Crippen molar-refractivity contribution >= 4 is 5.91 Å². The van der Waals surface area contributed by atoms with E-state index in [1.807, 2.05) is 0 Å². The lowest BCUT2D eigenvalue weighted by Gasteiger charge is -2.37. The first-order valence-corrected chi connectivity index (χ1v) is 3.48. The molecule has 3 nitrogen and oxygen atoms in total. The maximum absolute atomic E-state index is 11.9. The minimum absolute atomic E-state index is 0.0117. The summed E-state index contributed by atoms with van der Waals surface area (Å²) in [5.74, 6) is -0.171. The number of amides is 1. The molecule has 1 aliphatic heterocycles. The third-order valence-electron chi connectivity index (χ3n) is 1.76. The van der Waals surface area contributed by atoms with E-state index in [-0.39, 0.29) is 24.9 Å². The van der Waals surface area contributed by atoms with Crippen LogP contribution in [0.2, 0.25) is 0 Å². The van der Waals surface area contributed by atoms with E-state index >= 15 is 0 Å². The van der Waals surface area contributed by atoms with Gasteiger partial charge in [0.25, 0.3) is 0 Å². The molecule has 0 aromatic carbocycles. The molecular formula is C7H9FN2O. The Hall–Kier alpha value is -1.11. The Morgan fingerprint density at radius 1 is 1.73 bits per heavy atom. The molecule has 1 amide bonds. The van der Waals surface area contributed by atoms with Crippen LogP contribution in [0.15, 0.2) is 0 Å². The number of carbonyl (C=O) groups excluding carboxylic acids is 1. The number of carbonyl (C=O) groups is 1. The van der Waals surface area contributed by atoms with E-state index < -0.39 is 0 Å². The Morgan fingerprint density at radius 3 is 2.82 bits per heavy atom. The van der Waals surface area contributed by atoms with Gasteiger partial charge < -0.3 is 4.90 Å². The van der Waals surface area contributed by atoms with Crippen molar-refractivity contribution in [3.63, 3.8) is 0 Å². The molecule has 1 heterocycles. The molecular weight excluding hydrogens is 147 g/mol. The SMILES string of the molecule is N#CCC(=O)N1CC(CF)C1. The molecule has 0 aromatic heterocycles. The molecule has 11 heavy (non-hydrogen) atoms. The van der Waals surface area contributed by atoms with Gasteiger partial charge in [0, 0.05) is 19.0 Å². The zero-order valence-corrected chi connectivity index (χ0v) is 6.09. The first kappa shape index (κ1) is 7.99. The van der Waals surface area contributed by atoms with Crippen molar-refractivity contribution in [1.29, 1.82) is 5.26 Å². The first-order chi connectivity index (χ1) is 5.27. The number of halogens is 1. The van der Waals surface area contributed by atoms with Gasteiger partial charge >= 0.3 is 0 Å². The highest BCUT2D eigenvalue weighted by atomic mass is 19.1. The van der Waals surface area contributed by atoms with Gasteiger partial charge in [0.2, 0.25) is 5.91 Å². The van der Waals surface area contributed by atoms with Gasteiger partial charge in [-0.25, -0.2) is 0 Å². The summed E-state index contributed by atoms with van der Waals surface area (Å²) in [6.45, 7) is 0.602. The van der Waals surface area contributed by atoms with Crippen LogP contribution in [0.5, 0.6) is 0 Å². The minimum Gasteiger partial charge on any atom is -0.341 e. The summed E-state index contributed by atoms with van der Waals surface area (Å²) >= 11 is 0. The van der Waals surface area contributed by atoms with E-state index in [2.05, 4.69) is 0 Å². The summed E-state index contributed by atoms with van der Waals surface area (Å²) in [5, 5.41) is 8.16. The van der Waals surface area contributed by atoms with Crippen molar-refractivity contribution in [2.24, 2.45) is 5.92 Å². The molecule has 0 N–H and O–H groups in total. The van der Waals surface area contributed by atoms with Gasteiger partial charge in [-0.05, 0) is 0 Å². The average Bonchev–Trinajstić information content (AvgIpc) is 1.86. The Balaban J connectivity index is 2.22. The second kappa shape index (κ2) is 3.33. The summed E-state index contributed by atoms with van der Waals surface area (Å²) in [6, 6.07) is 1.76. The smallest absolute Gasteiger partial charge is 0.236 e. The van der Waals surface area contributed by atoms with Gasteiger partial charge in [-0.1, -0.05) is 0 Å². The van der Waals surface area contributed by atoms with Crippen LogP contribution in [0.25, 0.3) is 0 Å². The Morgan fingerprint density at radius 2 is 2.36 bits per heavy atom. The van der Waals surface area contributed by atoms with Crippen molar-refractivity contribution in [3.8, 4) is 6.07 Å². The van der Waals surface area contributed by atoms with E-state index in [9.17, 15) is 9.18 Å². The van der Waals surface area contributed by atoms with E-state index in [1.165, 1.54) is 4.90 Å². The van der Waals surface area contributed by atoms with Crippen molar-refractivity contribution in [1.82, 2.24) is 4.90 Å². The first-order valence-electron chi connectivity index (χ1n) is 3.48. The lowest BCUT2D eigenvalue weighted by atomic mass is 10.0. The number of hydrogen-bond acceptors (Lipinski definition) is 2. The third kappa shape index (κ3) is 1.67. The lowest BCUT2D eigenvalue weighted by Crippen LogP contribution is -2.50. The quantitative estimate of drug-likeness (QED) is 0.578. The van der Waals surface area contributed by atoms with Crippen LogP contribution in [0.1, 0.15) is 6.42 Å². The van der Waals surface area contributed by atoms with Crippen molar-refractivity contribution in [2.45, 2.75) is 6.42 Å². The molecule has 0 saturated carbocycles. The number of nitrogens with zero attached hydrogens (tertiary/aromatic N) is 2. The Kier molecular flexibility index (Phi) is 2.42. The second-order valence-corrected chi connectivity index (χ2v) is 2.65. The Bertz CT molecular complexity index is 193.